The monoisotopic (exact) mass is 187 g/mol. The summed E-state index contributed by atoms with van der Waals surface area (Å²) in [6, 6.07) is 0.0990. The Morgan fingerprint density at radius 1 is 1.38 bits per heavy atom. The SMILES string of the molecule is CNC(CO)COC1CCCCC1. The summed E-state index contributed by atoms with van der Waals surface area (Å²) in [5.74, 6) is 0. The fourth-order valence-electron chi connectivity index (χ4n) is 1.71. The molecule has 1 fully saturated rings. The van der Waals surface area contributed by atoms with Crippen molar-refractivity contribution in [3.05, 3.63) is 0 Å². The van der Waals surface area contributed by atoms with Gasteiger partial charge in [-0.3, -0.25) is 0 Å². The van der Waals surface area contributed by atoms with Crippen LogP contribution in [0, 0.1) is 0 Å². The van der Waals surface area contributed by atoms with Gasteiger partial charge in [0.1, 0.15) is 0 Å². The minimum atomic E-state index is 0.0990. The second-order valence-corrected chi connectivity index (χ2v) is 3.76. The van der Waals surface area contributed by atoms with Crippen molar-refractivity contribution in [1.29, 1.82) is 0 Å². The lowest BCUT2D eigenvalue weighted by atomic mass is 9.98. The molecule has 3 nitrogen and oxygen atoms in total. The van der Waals surface area contributed by atoms with Crippen molar-refractivity contribution in [2.75, 3.05) is 20.3 Å². The molecule has 1 aliphatic carbocycles. The maximum atomic E-state index is 8.91. The molecule has 2 N–H and O–H groups in total. The number of likely N-dealkylation sites (N-methyl/N-ethyl adjacent to an activating group) is 1. The van der Waals surface area contributed by atoms with E-state index >= 15 is 0 Å². The average Bonchev–Trinajstić information content (AvgIpc) is 2.21. The summed E-state index contributed by atoms with van der Waals surface area (Å²) in [7, 11) is 1.85. The van der Waals surface area contributed by atoms with Crippen LogP contribution < -0.4 is 5.32 Å². The molecule has 0 bridgehead atoms. The van der Waals surface area contributed by atoms with Crippen LogP contribution in [0.4, 0.5) is 0 Å². The number of nitrogens with one attached hydrogen (secondary N) is 1. The molecule has 0 amide bonds. The number of hydrogen-bond donors (Lipinski definition) is 2. The Morgan fingerprint density at radius 2 is 2.08 bits per heavy atom. The lowest BCUT2D eigenvalue weighted by Crippen LogP contribution is -2.35. The quantitative estimate of drug-likeness (QED) is 0.672. The molecule has 1 saturated carbocycles. The highest BCUT2D eigenvalue weighted by atomic mass is 16.5. The molecule has 3 heteroatoms. The largest absolute Gasteiger partial charge is 0.395 e. The lowest BCUT2D eigenvalue weighted by Gasteiger charge is -2.24. The van der Waals surface area contributed by atoms with Gasteiger partial charge in [-0.2, -0.15) is 0 Å². The Kier molecular flexibility index (Phi) is 5.35. The van der Waals surface area contributed by atoms with Gasteiger partial charge in [0.15, 0.2) is 0 Å². The molecule has 13 heavy (non-hydrogen) atoms. The molecule has 0 aliphatic heterocycles. The minimum Gasteiger partial charge on any atom is -0.395 e. The van der Waals surface area contributed by atoms with Crippen molar-refractivity contribution < 1.29 is 9.84 Å². The zero-order valence-corrected chi connectivity index (χ0v) is 8.46. The van der Waals surface area contributed by atoms with Crippen molar-refractivity contribution in [2.24, 2.45) is 0 Å². The van der Waals surface area contributed by atoms with E-state index in [2.05, 4.69) is 5.32 Å². The van der Waals surface area contributed by atoms with Crippen LogP contribution in [0.1, 0.15) is 32.1 Å². The van der Waals surface area contributed by atoms with Crippen molar-refractivity contribution >= 4 is 0 Å². The molecular formula is C10H21NO2. The molecule has 0 radical (unpaired) electrons. The van der Waals surface area contributed by atoms with Gasteiger partial charge in [-0.25, -0.2) is 0 Å². The van der Waals surface area contributed by atoms with Crippen LogP contribution in [0.3, 0.4) is 0 Å². The van der Waals surface area contributed by atoms with E-state index in [0.29, 0.717) is 12.7 Å². The van der Waals surface area contributed by atoms with Crippen LogP contribution in [0.2, 0.25) is 0 Å². The number of aliphatic hydroxyl groups excluding tert-OH is 1. The van der Waals surface area contributed by atoms with Crippen LogP contribution in [0.25, 0.3) is 0 Å². The van der Waals surface area contributed by atoms with E-state index in [9.17, 15) is 0 Å². The van der Waals surface area contributed by atoms with E-state index in [0.717, 1.165) is 0 Å². The normalized spacial score (nSPS) is 21.7. The summed E-state index contributed by atoms with van der Waals surface area (Å²) >= 11 is 0. The maximum absolute atomic E-state index is 8.91. The highest BCUT2D eigenvalue weighted by Crippen LogP contribution is 2.20. The molecule has 1 rings (SSSR count). The first kappa shape index (κ1) is 11.0. The first-order valence-corrected chi connectivity index (χ1v) is 5.26. The molecule has 78 valence electrons. The standard InChI is InChI=1S/C10H21NO2/c1-11-9(7-12)8-13-10-5-3-2-4-6-10/h9-12H,2-8H2,1H3. The van der Waals surface area contributed by atoms with E-state index in [-0.39, 0.29) is 12.6 Å². The predicted octanol–water partition coefficient (Wildman–Crippen LogP) is 0.916. The van der Waals surface area contributed by atoms with Crippen molar-refractivity contribution in [2.45, 2.75) is 44.2 Å². The van der Waals surface area contributed by atoms with Gasteiger partial charge in [0.05, 0.1) is 25.4 Å². The third kappa shape index (κ3) is 4.07. The van der Waals surface area contributed by atoms with Gasteiger partial charge in [-0.1, -0.05) is 19.3 Å². The second kappa shape index (κ2) is 6.35. The van der Waals surface area contributed by atoms with Crippen LogP contribution in [0.5, 0.6) is 0 Å². The van der Waals surface area contributed by atoms with Gasteiger partial charge in [0.25, 0.3) is 0 Å². The Bertz CT molecular complexity index is 120. The van der Waals surface area contributed by atoms with Crippen LogP contribution in [-0.2, 0) is 4.74 Å². The molecular weight excluding hydrogens is 166 g/mol. The maximum Gasteiger partial charge on any atom is 0.0645 e. The molecule has 0 aromatic heterocycles. The summed E-state index contributed by atoms with van der Waals surface area (Å²) in [5, 5.41) is 11.9. The second-order valence-electron chi connectivity index (χ2n) is 3.76. The number of hydrogen-bond acceptors (Lipinski definition) is 3. The van der Waals surface area contributed by atoms with Crippen LogP contribution >= 0.6 is 0 Å². The number of ether oxygens (including phenoxy) is 1. The van der Waals surface area contributed by atoms with Crippen LogP contribution in [0.15, 0.2) is 0 Å². The van der Waals surface area contributed by atoms with Crippen LogP contribution in [-0.4, -0.2) is 37.5 Å². The van der Waals surface area contributed by atoms with Crippen molar-refractivity contribution in [3.63, 3.8) is 0 Å². The summed E-state index contributed by atoms with van der Waals surface area (Å²) in [6.45, 7) is 0.793. The zero-order valence-electron chi connectivity index (χ0n) is 8.46. The zero-order chi connectivity index (χ0) is 9.52. The average molecular weight is 187 g/mol. The molecule has 0 heterocycles. The smallest absolute Gasteiger partial charge is 0.0645 e. The fourth-order valence-corrected chi connectivity index (χ4v) is 1.71. The van der Waals surface area contributed by atoms with E-state index < -0.39 is 0 Å². The molecule has 1 aliphatic rings. The van der Waals surface area contributed by atoms with Gasteiger partial charge in [-0.05, 0) is 19.9 Å². The van der Waals surface area contributed by atoms with E-state index in [4.69, 9.17) is 9.84 Å². The van der Waals surface area contributed by atoms with Crippen molar-refractivity contribution in [1.82, 2.24) is 5.32 Å². The van der Waals surface area contributed by atoms with E-state index in [1.807, 2.05) is 7.05 Å². The molecule has 0 spiro atoms. The fraction of sp³-hybridized carbons (Fsp3) is 1.00. The summed E-state index contributed by atoms with van der Waals surface area (Å²) in [4.78, 5) is 0. The summed E-state index contributed by atoms with van der Waals surface area (Å²) in [6.07, 6.45) is 6.79. The molecule has 0 aromatic carbocycles. The Hall–Kier alpha value is -0.120. The Labute approximate surface area is 80.5 Å². The summed E-state index contributed by atoms with van der Waals surface area (Å²) < 4.78 is 5.70. The summed E-state index contributed by atoms with van der Waals surface area (Å²) in [5.41, 5.74) is 0. The van der Waals surface area contributed by atoms with Gasteiger partial charge in [-0.15, -0.1) is 0 Å². The molecule has 0 saturated heterocycles. The van der Waals surface area contributed by atoms with Gasteiger partial charge < -0.3 is 15.2 Å². The molecule has 1 unspecified atom stereocenters. The topological polar surface area (TPSA) is 41.5 Å². The Balaban J connectivity index is 2.09. The van der Waals surface area contributed by atoms with Gasteiger partial charge >= 0.3 is 0 Å². The molecule has 0 aromatic rings. The number of aliphatic hydroxyl groups is 1. The first-order valence-electron chi connectivity index (χ1n) is 5.26. The lowest BCUT2D eigenvalue weighted by molar-refractivity contribution is 0.00855. The minimum absolute atomic E-state index is 0.0990. The third-order valence-corrected chi connectivity index (χ3v) is 2.71. The highest BCUT2D eigenvalue weighted by Gasteiger charge is 2.15. The number of rotatable bonds is 5. The molecule has 1 atom stereocenters. The first-order chi connectivity index (χ1) is 6.36. The highest BCUT2D eigenvalue weighted by molar-refractivity contribution is 4.68. The van der Waals surface area contributed by atoms with Gasteiger partial charge in [0.2, 0.25) is 0 Å². The van der Waals surface area contributed by atoms with E-state index in [1.165, 1.54) is 32.1 Å². The predicted molar refractivity (Wildman–Crippen MR) is 52.8 cm³/mol. The van der Waals surface area contributed by atoms with E-state index in [1.54, 1.807) is 0 Å². The van der Waals surface area contributed by atoms with Gasteiger partial charge in [0, 0.05) is 0 Å². The van der Waals surface area contributed by atoms with Crippen molar-refractivity contribution in [3.8, 4) is 0 Å². The Morgan fingerprint density at radius 3 is 2.62 bits per heavy atom. The third-order valence-electron chi connectivity index (χ3n) is 2.71.